The smallest absolute Gasteiger partial charge is 0.129 e. The molecule has 1 aromatic rings. The standard InChI is InChI=1S/C9H10N2O2/c12-6-7-5-9(11-13-7)8-3-1-2-4-10-8/h1-5,7,11-12H,6H2. The molecule has 4 heteroatoms. The molecule has 4 nitrogen and oxygen atoms in total. The lowest BCUT2D eigenvalue weighted by Gasteiger charge is -2.02. The molecule has 1 aliphatic heterocycles. The molecule has 1 aromatic heterocycles. The van der Waals surface area contributed by atoms with Gasteiger partial charge < -0.3 is 5.11 Å². The Kier molecular flexibility index (Phi) is 2.25. The number of hydroxylamine groups is 1. The SMILES string of the molecule is OCC1C=C(c2ccccn2)NO1. The molecule has 0 amide bonds. The van der Waals surface area contributed by atoms with Crippen molar-refractivity contribution in [2.75, 3.05) is 6.61 Å². The van der Waals surface area contributed by atoms with E-state index in [4.69, 9.17) is 9.94 Å². The number of hydrogen-bond acceptors (Lipinski definition) is 4. The van der Waals surface area contributed by atoms with Crippen LogP contribution < -0.4 is 5.48 Å². The molecule has 2 rings (SSSR count). The second-order valence-electron chi connectivity index (χ2n) is 2.74. The van der Waals surface area contributed by atoms with Crippen LogP contribution in [0.4, 0.5) is 0 Å². The zero-order valence-electron chi connectivity index (χ0n) is 6.97. The normalized spacial score (nSPS) is 21.0. The highest BCUT2D eigenvalue weighted by Crippen LogP contribution is 2.15. The van der Waals surface area contributed by atoms with Crippen LogP contribution in [0.15, 0.2) is 30.5 Å². The van der Waals surface area contributed by atoms with E-state index in [0.29, 0.717) is 0 Å². The number of aromatic nitrogens is 1. The van der Waals surface area contributed by atoms with Crippen LogP contribution in [-0.4, -0.2) is 22.8 Å². The van der Waals surface area contributed by atoms with Gasteiger partial charge in [0.2, 0.25) is 0 Å². The molecular weight excluding hydrogens is 168 g/mol. The van der Waals surface area contributed by atoms with Crippen molar-refractivity contribution in [3.63, 3.8) is 0 Å². The molecule has 0 aromatic carbocycles. The average molecular weight is 178 g/mol. The summed E-state index contributed by atoms with van der Waals surface area (Å²) >= 11 is 0. The zero-order chi connectivity index (χ0) is 9.10. The van der Waals surface area contributed by atoms with Crippen molar-refractivity contribution in [2.24, 2.45) is 0 Å². The summed E-state index contributed by atoms with van der Waals surface area (Å²) in [6.07, 6.45) is 3.25. The second kappa shape index (κ2) is 3.55. The van der Waals surface area contributed by atoms with E-state index >= 15 is 0 Å². The Morgan fingerprint density at radius 3 is 3.08 bits per heavy atom. The minimum atomic E-state index is -0.267. The summed E-state index contributed by atoms with van der Waals surface area (Å²) in [6, 6.07) is 5.63. The molecule has 1 unspecified atom stereocenters. The van der Waals surface area contributed by atoms with Gasteiger partial charge in [0.25, 0.3) is 0 Å². The van der Waals surface area contributed by atoms with Crippen LogP contribution in [0.25, 0.3) is 5.70 Å². The summed E-state index contributed by atoms with van der Waals surface area (Å²) in [5.74, 6) is 0. The zero-order valence-corrected chi connectivity index (χ0v) is 6.97. The number of nitrogens with zero attached hydrogens (tertiary/aromatic N) is 1. The molecule has 13 heavy (non-hydrogen) atoms. The van der Waals surface area contributed by atoms with E-state index in [1.54, 1.807) is 6.20 Å². The predicted molar refractivity (Wildman–Crippen MR) is 47.3 cm³/mol. The van der Waals surface area contributed by atoms with Gasteiger partial charge in [-0.05, 0) is 18.2 Å². The molecule has 68 valence electrons. The molecule has 0 saturated carbocycles. The Morgan fingerprint density at radius 1 is 1.54 bits per heavy atom. The Labute approximate surface area is 75.8 Å². The van der Waals surface area contributed by atoms with E-state index < -0.39 is 0 Å². The average Bonchev–Trinajstić information content (AvgIpc) is 2.67. The lowest BCUT2D eigenvalue weighted by Crippen LogP contribution is -2.15. The minimum Gasteiger partial charge on any atom is -0.393 e. The summed E-state index contributed by atoms with van der Waals surface area (Å²) in [5, 5.41) is 8.80. The van der Waals surface area contributed by atoms with Crippen molar-refractivity contribution in [2.45, 2.75) is 6.10 Å². The number of aliphatic hydroxyl groups excluding tert-OH is 1. The Balaban J connectivity index is 2.19. The largest absolute Gasteiger partial charge is 0.393 e. The van der Waals surface area contributed by atoms with Crippen LogP contribution >= 0.6 is 0 Å². The van der Waals surface area contributed by atoms with Crippen LogP contribution in [0.5, 0.6) is 0 Å². The molecule has 0 radical (unpaired) electrons. The van der Waals surface area contributed by atoms with Crippen LogP contribution in [-0.2, 0) is 4.84 Å². The van der Waals surface area contributed by atoms with Gasteiger partial charge in [0.05, 0.1) is 18.0 Å². The number of aliphatic hydroxyl groups is 1. The summed E-state index contributed by atoms with van der Waals surface area (Å²) in [7, 11) is 0. The fourth-order valence-corrected chi connectivity index (χ4v) is 1.14. The highest BCUT2D eigenvalue weighted by atomic mass is 16.7. The van der Waals surface area contributed by atoms with Crippen molar-refractivity contribution in [3.8, 4) is 0 Å². The van der Waals surface area contributed by atoms with Crippen LogP contribution in [0, 0.1) is 0 Å². The van der Waals surface area contributed by atoms with E-state index in [-0.39, 0.29) is 12.7 Å². The van der Waals surface area contributed by atoms with Crippen LogP contribution in [0.2, 0.25) is 0 Å². The third-order valence-electron chi connectivity index (χ3n) is 1.79. The molecule has 0 fully saturated rings. The highest BCUT2D eigenvalue weighted by molar-refractivity contribution is 5.61. The van der Waals surface area contributed by atoms with E-state index in [2.05, 4.69) is 10.5 Å². The van der Waals surface area contributed by atoms with E-state index in [9.17, 15) is 0 Å². The van der Waals surface area contributed by atoms with E-state index in [1.807, 2.05) is 24.3 Å². The molecular formula is C9H10N2O2. The molecule has 1 aliphatic rings. The maximum Gasteiger partial charge on any atom is 0.129 e. The van der Waals surface area contributed by atoms with E-state index in [1.165, 1.54) is 0 Å². The number of rotatable bonds is 2. The number of pyridine rings is 1. The van der Waals surface area contributed by atoms with Gasteiger partial charge in [-0.1, -0.05) is 6.07 Å². The van der Waals surface area contributed by atoms with Gasteiger partial charge in [-0.2, -0.15) is 0 Å². The fraction of sp³-hybridized carbons (Fsp3) is 0.222. The molecule has 0 bridgehead atoms. The molecule has 2 N–H and O–H groups in total. The third kappa shape index (κ3) is 1.68. The Bertz CT molecular complexity index is 311. The Hall–Kier alpha value is -1.39. The van der Waals surface area contributed by atoms with Crippen molar-refractivity contribution in [1.82, 2.24) is 10.5 Å². The van der Waals surface area contributed by atoms with Gasteiger partial charge in [-0.3, -0.25) is 15.3 Å². The number of hydrogen-bond donors (Lipinski definition) is 2. The Morgan fingerprint density at radius 2 is 2.46 bits per heavy atom. The first-order valence-electron chi connectivity index (χ1n) is 4.06. The van der Waals surface area contributed by atoms with Crippen molar-refractivity contribution in [3.05, 3.63) is 36.2 Å². The lowest BCUT2D eigenvalue weighted by molar-refractivity contribution is 0.0172. The fourth-order valence-electron chi connectivity index (χ4n) is 1.14. The van der Waals surface area contributed by atoms with Gasteiger partial charge >= 0.3 is 0 Å². The quantitative estimate of drug-likeness (QED) is 0.684. The molecule has 1 atom stereocenters. The summed E-state index contributed by atoms with van der Waals surface area (Å²) in [5.41, 5.74) is 4.34. The van der Waals surface area contributed by atoms with Gasteiger partial charge in [0, 0.05) is 6.20 Å². The lowest BCUT2D eigenvalue weighted by atomic mass is 10.2. The topological polar surface area (TPSA) is 54.4 Å². The van der Waals surface area contributed by atoms with E-state index in [0.717, 1.165) is 11.4 Å². The molecule has 0 spiro atoms. The molecule has 0 saturated heterocycles. The maximum atomic E-state index is 8.80. The first-order chi connectivity index (χ1) is 6.40. The summed E-state index contributed by atoms with van der Waals surface area (Å²) in [6.45, 7) is -0.0245. The second-order valence-corrected chi connectivity index (χ2v) is 2.74. The van der Waals surface area contributed by atoms with Crippen molar-refractivity contribution >= 4 is 5.70 Å². The van der Waals surface area contributed by atoms with Gasteiger partial charge in [0.15, 0.2) is 0 Å². The van der Waals surface area contributed by atoms with Gasteiger partial charge in [-0.25, -0.2) is 0 Å². The first kappa shape index (κ1) is 8.22. The minimum absolute atomic E-state index is 0.0245. The third-order valence-corrected chi connectivity index (χ3v) is 1.79. The monoisotopic (exact) mass is 178 g/mol. The predicted octanol–water partition coefficient (Wildman–Crippen LogP) is 0.318. The number of nitrogens with one attached hydrogen (secondary N) is 1. The van der Waals surface area contributed by atoms with Gasteiger partial charge in [0.1, 0.15) is 6.10 Å². The molecule has 2 heterocycles. The van der Waals surface area contributed by atoms with Crippen LogP contribution in [0.1, 0.15) is 5.69 Å². The molecule has 0 aliphatic carbocycles. The van der Waals surface area contributed by atoms with Crippen molar-refractivity contribution < 1.29 is 9.94 Å². The maximum absolute atomic E-state index is 8.80. The summed E-state index contributed by atoms with van der Waals surface area (Å²) < 4.78 is 0. The summed E-state index contributed by atoms with van der Waals surface area (Å²) in [4.78, 5) is 9.17. The highest BCUT2D eigenvalue weighted by Gasteiger charge is 2.16. The van der Waals surface area contributed by atoms with Crippen molar-refractivity contribution in [1.29, 1.82) is 0 Å². The van der Waals surface area contributed by atoms with Crippen LogP contribution in [0.3, 0.4) is 0 Å². The first-order valence-corrected chi connectivity index (χ1v) is 4.06. The van der Waals surface area contributed by atoms with Gasteiger partial charge in [-0.15, -0.1) is 0 Å².